The minimum absolute atomic E-state index is 0. The minimum Gasteiger partial charge on any atom is -0.481 e. The Labute approximate surface area is 185 Å². The Morgan fingerprint density at radius 1 is 0.767 bits per heavy atom. The Bertz CT molecular complexity index is 685. The van der Waals surface area contributed by atoms with Crippen molar-refractivity contribution in [2.75, 3.05) is 71.5 Å². The summed E-state index contributed by atoms with van der Waals surface area (Å²) in [6.07, 6.45) is 0. The van der Waals surface area contributed by atoms with Crippen LogP contribution in [0.25, 0.3) is 0 Å². The molecule has 4 heterocycles. The molecule has 30 heavy (non-hydrogen) atoms. The maximum absolute atomic E-state index is 5.53. The van der Waals surface area contributed by atoms with Crippen molar-refractivity contribution in [1.82, 2.24) is 25.9 Å². The van der Waals surface area contributed by atoms with Gasteiger partial charge in [-0.2, -0.15) is 4.98 Å². The van der Waals surface area contributed by atoms with Crippen molar-refractivity contribution in [3.8, 4) is 11.8 Å². The van der Waals surface area contributed by atoms with Crippen LogP contribution < -0.4 is 30.3 Å². The molecule has 2 aromatic heterocycles. The molecular formula is C21H35ClN6O2. The highest BCUT2D eigenvalue weighted by Gasteiger charge is 2.11. The predicted molar refractivity (Wildman–Crippen MR) is 124 cm³/mol. The number of methoxy groups -OCH3 is 2. The minimum atomic E-state index is 0. The van der Waals surface area contributed by atoms with Crippen molar-refractivity contribution in [2.24, 2.45) is 0 Å². The molecule has 0 unspecified atom stereocenters. The van der Waals surface area contributed by atoms with E-state index in [0.717, 1.165) is 58.2 Å². The first-order chi connectivity index (χ1) is 14.2. The molecule has 0 radical (unpaired) electrons. The van der Waals surface area contributed by atoms with Crippen LogP contribution in [0.15, 0.2) is 36.4 Å². The van der Waals surface area contributed by atoms with Gasteiger partial charge in [0.25, 0.3) is 0 Å². The highest BCUT2D eigenvalue weighted by molar-refractivity contribution is 6.29. The number of pyridine rings is 2. The topological polar surface area (TPSA) is 83.6 Å². The van der Waals surface area contributed by atoms with Crippen molar-refractivity contribution in [3.63, 3.8) is 0 Å². The quantitative estimate of drug-likeness (QED) is 0.628. The summed E-state index contributed by atoms with van der Waals surface area (Å²) >= 11 is 5.53. The lowest BCUT2D eigenvalue weighted by molar-refractivity contribution is 0.397. The van der Waals surface area contributed by atoms with Crippen LogP contribution in [-0.4, -0.2) is 76.5 Å². The molecule has 4 rings (SSSR count). The molecule has 0 aliphatic carbocycles. The molecule has 2 fully saturated rings. The van der Waals surface area contributed by atoms with Crippen LogP contribution >= 0.6 is 11.6 Å². The average molecular weight is 439 g/mol. The zero-order chi connectivity index (χ0) is 20.7. The fraction of sp³-hybridized carbons (Fsp3) is 0.524. The summed E-state index contributed by atoms with van der Waals surface area (Å²) < 4.78 is 9.89. The number of aromatic nitrogens is 2. The SMILES string of the molecule is C.C1CNCCN1.COc1cccc(Cl)n1.COc1cccc(N2CCNCC2)n1. The molecule has 0 amide bonds. The molecule has 0 bridgehead atoms. The molecule has 168 valence electrons. The third-order valence-corrected chi connectivity index (χ3v) is 4.43. The number of piperazine rings is 2. The molecule has 0 aromatic carbocycles. The van der Waals surface area contributed by atoms with Gasteiger partial charge in [0, 0.05) is 64.5 Å². The third-order valence-electron chi connectivity index (χ3n) is 4.21. The van der Waals surface area contributed by atoms with E-state index in [9.17, 15) is 0 Å². The van der Waals surface area contributed by atoms with Crippen LogP contribution in [-0.2, 0) is 0 Å². The molecule has 2 saturated heterocycles. The maximum Gasteiger partial charge on any atom is 0.214 e. The van der Waals surface area contributed by atoms with Crippen LogP contribution in [0.3, 0.4) is 0 Å². The Hall–Kier alpha value is -2.13. The predicted octanol–water partition coefficient (Wildman–Crippen LogP) is 2.06. The lowest BCUT2D eigenvalue weighted by atomic mass is 10.3. The molecule has 8 nitrogen and oxygen atoms in total. The average Bonchev–Trinajstić information content (AvgIpc) is 2.81. The highest BCUT2D eigenvalue weighted by Crippen LogP contribution is 2.15. The van der Waals surface area contributed by atoms with E-state index in [1.807, 2.05) is 18.2 Å². The van der Waals surface area contributed by atoms with E-state index in [-0.39, 0.29) is 7.43 Å². The fourth-order valence-electron chi connectivity index (χ4n) is 2.69. The van der Waals surface area contributed by atoms with Crippen molar-refractivity contribution in [2.45, 2.75) is 7.43 Å². The smallest absolute Gasteiger partial charge is 0.214 e. The first kappa shape index (κ1) is 25.9. The number of ether oxygens (including phenoxy) is 2. The number of nitrogens with zero attached hydrogens (tertiary/aromatic N) is 3. The molecule has 0 atom stereocenters. The standard InChI is InChI=1S/C10H15N3O.C6H6ClNO.C4H10N2.CH4/c1-14-10-4-2-3-9(12-10)13-7-5-11-6-8-13;1-9-6-4-2-3-5(7)8-6;1-2-6-4-3-5-1;/h2-4,11H,5-8H2,1H3;2-4H,1H3;5-6H,1-4H2;1H4. The van der Waals surface area contributed by atoms with Crippen molar-refractivity contribution in [1.29, 1.82) is 0 Å². The molecule has 2 aromatic rings. The summed E-state index contributed by atoms with van der Waals surface area (Å²) in [5.74, 6) is 2.23. The molecule has 9 heteroatoms. The zero-order valence-electron chi connectivity index (χ0n) is 17.2. The summed E-state index contributed by atoms with van der Waals surface area (Å²) in [6, 6.07) is 11.1. The molecular weight excluding hydrogens is 404 g/mol. The Morgan fingerprint density at radius 2 is 1.27 bits per heavy atom. The second-order valence-electron chi connectivity index (χ2n) is 6.28. The molecule has 3 N–H and O–H groups in total. The first-order valence-corrected chi connectivity index (χ1v) is 10.2. The molecule has 0 spiro atoms. The van der Waals surface area contributed by atoms with Crippen LogP contribution in [0.2, 0.25) is 5.15 Å². The summed E-state index contributed by atoms with van der Waals surface area (Å²) in [5, 5.41) is 10.2. The van der Waals surface area contributed by atoms with Crippen molar-refractivity contribution >= 4 is 17.4 Å². The third kappa shape index (κ3) is 10.1. The van der Waals surface area contributed by atoms with Crippen LogP contribution in [0.5, 0.6) is 11.8 Å². The van der Waals surface area contributed by atoms with Crippen molar-refractivity contribution in [3.05, 3.63) is 41.6 Å². The van der Waals surface area contributed by atoms with Gasteiger partial charge in [0.2, 0.25) is 11.8 Å². The van der Waals surface area contributed by atoms with E-state index in [2.05, 4.69) is 30.8 Å². The van der Waals surface area contributed by atoms with E-state index in [1.165, 1.54) is 0 Å². The largest absolute Gasteiger partial charge is 0.481 e. The molecule has 0 saturated carbocycles. The Balaban J connectivity index is 0.000000242. The Morgan fingerprint density at radius 3 is 1.73 bits per heavy atom. The van der Waals surface area contributed by atoms with Gasteiger partial charge in [-0.1, -0.05) is 31.2 Å². The summed E-state index contributed by atoms with van der Waals surface area (Å²) in [6.45, 7) is 8.64. The highest BCUT2D eigenvalue weighted by atomic mass is 35.5. The second kappa shape index (κ2) is 15.7. The van der Waals surface area contributed by atoms with E-state index in [0.29, 0.717) is 16.9 Å². The number of nitrogens with one attached hydrogen (secondary N) is 3. The van der Waals surface area contributed by atoms with Crippen LogP contribution in [0.4, 0.5) is 5.82 Å². The number of halogens is 1. The maximum atomic E-state index is 5.53. The number of hydrogen-bond acceptors (Lipinski definition) is 8. The summed E-state index contributed by atoms with van der Waals surface area (Å²) in [5.41, 5.74) is 0. The van der Waals surface area contributed by atoms with Crippen LogP contribution in [0, 0.1) is 0 Å². The number of anilines is 1. The van der Waals surface area contributed by atoms with Gasteiger partial charge in [-0.25, -0.2) is 4.98 Å². The second-order valence-corrected chi connectivity index (χ2v) is 6.67. The van der Waals surface area contributed by atoms with Gasteiger partial charge in [0.15, 0.2) is 0 Å². The van der Waals surface area contributed by atoms with Gasteiger partial charge in [0.1, 0.15) is 11.0 Å². The first-order valence-electron chi connectivity index (χ1n) is 9.77. The Kier molecular flexibility index (Phi) is 13.5. The number of hydrogen-bond donors (Lipinski definition) is 3. The number of rotatable bonds is 3. The van der Waals surface area contributed by atoms with Gasteiger partial charge in [-0.15, -0.1) is 0 Å². The normalized spacial score (nSPS) is 15.4. The van der Waals surface area contributed by atoms with Gasteiger partial charge in [-0.3, -0.25) is 0 Å². The zero-order valence-corrected chi connectivity index (χ0v) is 17.9. The lowest BCUT2D eigenvalue weighted by Crippen LogP contribution is -2.43. The fourth-order valence-corrected chi connectivity index (χ4v) is 2.85. The molecule has 2 aliphatic rings. The monoisotopic (exact) mass is 438 g/mol. The van der Waals surface area contributed by atoms with E-state index in [1.54, 1.807) is 32.4 Å². The van der Waals surface area contributed by atoms with Crippen LogP contribution in [0.1, 0.15) is 7.43 Å². The van der Waals surface area contributed by atoms with E-state index in [4.69, 9.17) is 21.1 Å². The van der Waals surface area contributed by atoms with Gasteiger partial charge < -0.3 is 30.3 Å². The summed E-state index contributed by atoms with van der Waals surface area (Å²) in [7, 11) is 3.20. The van der Waals surface area contributed by atoms with Crippen molar-refractivity contribution < 1.29 is 9.47 Å². The van der Waals surface area contributed by atoms with Gasteiger partial charge in [0.05, 0.1) is 14.2 Å². The van der Waals surface area contributed by atoms with E-state index < -0.39 is 0 Å². The lowest BCUT2D eigenvalue weighted by Gasteiger charge is -2.28. The van der Waals surface area contributed by atoms with E-state index >= 15 is 0 Å². The molecule has 2 aliphatic heterocycles. The van der Waals surface area contributed by atoms with Gasteiger partial charge >= 0.3 is 0 Å². The van der Waals surface area contributed by atoms with Gasteiger partial charge in [-0.05, 0) is 12.1 Å². The summed E-state index contributed by atoms with van der Waals surface area (Å²) in [4.78, 5) is 10.5.